The Balaban J connectivity index is 2.46. The van der Waals surface area contributed by atoms with Crippen molar-refractivity contribution in [2.45, 2.75) is 4.90 Å². The first kappa shape index (κ1) is 16.2. The zero-order chi connectivity index (χ0) is 15.8. The highest BCUT2D eigenvalue weighted by molar-refractivity contribution is 7.92. The first-order valence-corrected chi connectivity index (χ1v) is 8.30. The van der Waals surface area contributed by atoms with Gasteiger partial charge in [-0.25, -0.2) is 8.42 Å². The van der Waals surface area contributed by atoms with E-state index < -0.39 is 10.0 Å². The first-order chi connectivity index (χ1) is 9.73. The Morgan fingerprint density at radius 1 is 0.952 bits per heavy atom. The van der Waals surface area contributed by atoms with E-state index in [0.29, 0.717) is 15.7 Å². The third kappa shape index (κ3) is 3.21. The Morgan fingerprint density at radius 2 is 1.57 bits per heavy atom. The van der Waals surface area contributed by atoms with Crippen LogP contribution in [0.1, 0.15) is 0 Å². The lowest BCUT2D eigenvalue weighted by Crippen LogP contribution is -2.26. The monoisotopic (exact) mass is 364 g/mol. The standard InChI is InChI=1S/C13H11Cl3N2O2S/c1-18(8-2-4-10(14)12(16)6-8)21(19,20)9-3-5-11(15)13(17)7-9/h2-7H,17H2,1H3. The number of nitrogens with two attached hydrogens (primary N) is 1. The average molecular weight is 366 g/mol. The number of rotatable bonds is 3. The van der Waals surface area contributed by atoms with Gasteiger partial charge in [-0.15, -0.1) is 0 Å². The number of anilines is 2. The number of sulfonamides is 1. The average Bonchev–Trinajstić information content (AvgIpc) is 2.44. The Morgan fingerprint density at radius 3 is 2.14 bits per heavy atom. The summed E-state index contributed by atoms with van der Waals surface area (Å²) in [5.74, 6) is 0. The molecule has 0 heterocycles. The molecule has 2 N–H and O–H groups in total. The summed E-state index contributed by atoms with van der Waals surface area (Å²) >= 11 is 17.5. The molecule has 2 aromatic rings. The van der Waals surface area contributed by atoms with Crippen LogP contribution in [-0.2, 0) is 10.0 Å². The summed E-state index contributed by atoms with van der Waals surface area (Å²) in [5.41, 5.74) is 6.23. The van der Waals surface area contributed by atoms with Crippen molar-refractivity contribution in [2.75, 3.05) is 17.1 Å². The molecule has 0 aliphatic rings. The molecule has 21 heavy (non-hydrogen) atoms. The van der Waals surface area contributed by atoms with Crippen molar-refractivity contribution >= 4 is 56.2 Å². The molecule has 0 bridgehead atoms. The molecule has 0 radical (unpaired) electrons. The van der Waals surface area contributed by atoms with Crippen LogP contribution in [0.2, 0.25) is 15.1 Å². The molecule has 0 atom stereocenters. The van der Waals surface area contributed by atoms with Gasteiger partial charge in [-0.3, -0.25) is 4.31 Å². The maximum absolute atomic E-state index is 12.5. The zero-order valence-corrected chi connectivity index (χ0v) is 13.9. The van der Waals surface area contributed by atoms with Crippen molar-refractivity contribution in [1.82, 2.24) is 0 Å². The van der Waals surface area contributed by atoms with Gasteiger partial charge in [0.1, 0.15) is 0 Å². The van der Waals surface area contributed by atoms with Gasteiger partial charge >= 0.3 is 0 Å². The Bertz CT molecular complexity index is 794. The summed E-state index contributed by atoms with van der Waals surface area (Å²) in [5, 5.41) is 0.917. The van der Waals surface area contributed by atoms with Gasteiger partial charge in [-0.1, -0.05) is 34.8 Å². The van der Waals surface area contributed by atoms with Gasteiger partial charge in [0, 0.05) is 7.05 Å². The molecular formula is C13H11Cl3N2O2S. The first-order valence-electron chi connectivity index (χ1n) is 5.72. The maximum Gasteiger partial charge on any atom is 0.264 e. The minimum atomic E-state index is -3.77. The van der Waals surface area contributed by atoms with Crippen LogP contribution in [-0.4, -0.2) is 15.5 Å². The van der Waals surface area contributed by atoms with Crippen LogP contribution in [0, 0.1) is 0 Å². The molecule has 2 rings (SSSR count). The molecule has 8 heteroatoms. The molecule has 2 aromatic carbocycles. The molecule has 0 aliphatic heterocycles. The fourth-order valence-electron chi connectivity index (χ4n) is 1.66. The number of nitrogen functional groups attached to an aromatic ring is 1. The lowest BCUT2D eigenvalue weighted by atomic mass is 10.3. The zero-order valence-electron chi connectivity index (χ0n) is 10.8. The largest absolute Gasteiger partial charge is 0.397 e. The number of hydrogen-bond donors (Lipinski definition) is 1. The van der Waals surface area contributed by atoms with Crippen LogP contribution in [0.5, 0.6) is 0 Å². The molecule has 0 spiro atoms. The van der Waals surface area contributed by atoms with Crippen LogP contribution in [0.3, 0.4) is 0 Å². The quantitative estimate of drug-likeness (QED) is 0.834. The van der Waals surface area contributed by atoms with E-state index in [2.05, 4.69) is 0 Å². The van der Waals surface area contributed by atoms with Gasteiger partial charge in [0.05, 0.1) is 31.3 Å². The molecule has 0 amide bonds. The van der Waals surface area contributed by atoms with Gasteiger partial charge in [0.15, 0.2) is 0 Å². The molecule has 0 aromatic heterocycles. The van der Waals surface area contributed by atoms with Crippen LogP contribution in [0.15, 0.2) is 41.3 Å². The lowest BCUT2D eigenvalue weighted by Gasteiger charge is -2.20. The molecule has 0 saturated heterocycles. The van der Waals surface area contributed by atoms with Crippen molar-refractivity contribution in [3.8, 4) is 0 Å². The summed E-state index contributed by atoms with van der Waals surface area (Å²) in [4.78, 5) is 0.0398. The second-order valence-electron chi connectivity index (χ2n) is 4.25. The molecule has 4 nitrogen and oxygen atoms in total. The summed E-state index contributed by atoms with van der Waals surface area (Å²) in [7, 11) is -2.35. The highest BCUT2D eigenvalue weighted by Gasteiger charge is 2.22. The van der Waals surface area contributed by atoms with Gasteiger partial charge in [-0.2, -0.15) is 0 Å². The molecule has 0 fully saturated rings. The van der Waals surface area contributed by atoms with Gasteiger partial charge in [-0.05, 0) is 36.4 Å². The molecule has 112 valence electrons. The lowest BCUT2D eigenvalue weighted by molar-refractivity contribution is 0.594. The third-order valence-electron chi connectivity index (χ3n) is 2.89. The molecule has 0 unspecified atom stereocenters. The van der Waals surface area contributed by atoms with E-state index in [1.807, 2.05) is 0 Å². The highest BCUT2D eigenvalue weighted by Crippen LogP contribution is 2.30. The van der Waals surface area contributed by atoms with Crippen molar-refractivity contribution in [2.24, 2.45) is 0 Å². The predicted molar refractivity (Wildman–Crippen MR) is 87.9 cm³/mol. The molecular weight excluding hydrogens is 355 g/mol. The summed E-state index contributed by atoms with van der Waals surface area (Å²) in [6.45, 7) is 0. The number of hydrogen-bond acceptors (Lipinski definition) is 3. The summed E-state index contributed by atoms with van der Waals surface area (Å²) in [6.07, 6.45) is 0. The van der Waals surface area contributed by atoms with Crippen LogP contribution >= 0.6 is 34.8 Å². The van der Waals surface area contributed by atoms with Crippen molar-refractivity contribution < 1.29 is 8.42 Å². The Labute approximate surface area is 138 Å². The minimum absolute atomic E-state index is 0.0398. The summed E-state index contributed by atoms with van der Waals surface area (Å²) in [6, 6.07) is 8.70. The normalized spacial score (nSPS) is 11.4. The SMILES string of the molecule is CN(c1ccc(Cl)c(Cl)c1)S(=O)(=O)c1ccc(Cl)c(N)c1. The molecule has 0 aliphatic carbocycles. The third-order valence-corrected chi connectivity index (χ3v) is 5.76. The van der Waals surface area contributed by atoms with E-state index in [-0.39, 0.29) is 15.6 Å². The highest BCUT2D eigenvalue weighted by atomic mass is 35.5. The predicted octanol–water partition coefficient (Wildman–Crippen LogP) is 4.05. The Hall–Kier alpha value is -1.14. The smallest absolute Gasteiger partial charge is 0.264 e. The summed E-state index contributed by atoms with van der Waals surface area (Å²) < 4.78 is 26.2. The van der Waals surface area contributed by atoms with Crippen molar-refractivity contribution in [3.63, 3.8) is 0 Å². The topological polar surface area (TPSA) is 63.4 Å². The molecule has 0 saturated carbocycles. The van der Waals surface area contributed by atoms with Crippen molar-refractivity contribution in [1.29, 1.82) is 0 Å². The van der Waals surface area contributed by atoms with E-state index >= 15 is 0 Å². The fourth-order valence-corrected chi connectivity index (χ4v) is 3.29. The van der Waals surface area contributed by atoms with E-state index in [0.717, 1.165) is 4.31 Å². The number of halogens is 3. The van der Waals surface area contributed by atoms with Gasteiger partial charge in [0.25, 0.3) is 10.0 Å². The minimum Gasteiger partial charge on any atom is -0.397 e. The van der Waals surface area contributed by atoms with E-state index in [4.69, 9.17) is 40.5 Å². The number of nitrogens with zero attached hydrogens (tertiary/aromatic N) is 1. The van der Waals surface area contributed by atoms with Gasteiger partial charge in [0.2, 0.25) is 0 Å². The van der Waals surface area contributed by atoms with E-state index in [1.54, 1.807) is 6.07 Å². The number of benzene rings is 2. The van der Waals surface area contributed by atoms with Crippen LogP contribution < -0.4 is 10.0 Å². The van der Waals surface area contributed by atoms with Crippen LogP contribution in [0.25, 0.3) is 0 Å². The second-order valence-corrected chi connectivity index (χ2v) is 7.45. The van der Waals surface area contributed by atoms with E-state index in [9.17, 15) is 8.42 Å². The maximum atomic E-state index is 12.5. The van der Waals surface area contributed by atoms with Gasteiger partial charge < -0.3 is 5.73 Å². The fraction of sp³-hybridized carbons (Fsp3) is 0.0769. The van der Waals surface area contributed by atoms with E-state index in [1.165, 1.54) is 37.4 Å². The van der Waals surface area contributed by atoms with Crippen molar-refractivity contribution in [3.05, 3.63) is 51.5 Å². The Kier molecular flexibility index (Phi) is 4.58. The van der Waals surface area contributed by atoms with Crippen LogP contribution in [0.4, 0.5) is 11.4 Å². The second kappa shape index (κ2) is 5.93.